The minimum Gasteiger partial charge on any atom is -0.478 e. The maximum Gasteiger partial charge on any atom is 0.339 e. The summed E-state index contributed by atoms with van der Waals surface area (Å²) in [6, 6.07) is 5.94. The number of aryl methyl sites for hydroxylation is 1. The Morgan fingerprint density at radius 3 is 2.83 bits per heavy atom. The number of aromatic carboxylic acids is 1. The zero-order chi connectivity index (χ0) is 13.1. The number of hydrogen-bond acceptors (Lipinski definition) is 4. The molecule has 0 bridgehead atoms. The van der Waals surface area contributed by atoms with Gasteiger partial charge in [0.15, 0.2) is 0 Å². The highest BCUT2D eigenvalue weighted by molar-refractivity contribution is 6.30. The fourth-order valence-corrected chi connectivity index (χ4v) is 1.52. The largest absolute Gasteiger partial charge is 0.478 e. The van der Waals surface area contributed by atoms with Crippen LogP contribution in [0.1, 0.15) is 15.9 Å². The zero-order valence-corrected chi connectivity index (χ0v) is 10.2. The predicted molar refractivity (Wildman–Crippen MR) is 65.3 cm³/mol. The molecule has 0 spiro atoms. The molecule has 0 saturated heterocycles. The summed E-state index contributed by atoms with van der Waals surface area (Å²) in [6.07, 6.45) is 1.57. The van der Waals surface area contributed by atoms with E-state index in [9.17, 15) is 4.79 Å². The molecule has 1 heterocycles. The van der Waals surface area contributed by atoms with E-state index in [1.165, 1.54) is 18.2 Å². The Morgan fingerprint density at radius 2 is 2.17 bits per heavy atom. The van der Waals surface area contributed by atoms with E-state index in [0.717, 1.165) is 5.56 Å². The van der Waals surface area contributed by atoms with Crippen molar-refractivity contribution >= 4 is 17.6 Å². The number of carbonyl (C=O) groups is 1. The average Bonchev–Trinajstić information content (AvgIpc) is 2.28. The second-order valence-electron chi connectivity index (χ2n) is 3.62. The van der Waals surface area contributed by atoms with Crippen LogP contribution in [0.3, 0.4) is 0 Å². The summed E-state index contributed by atoms with van der Waals surface area (Å²) in [7, 11) is 0. The van der Waals surface area contributed by atoms with Gasteiger partial charge < -0.3 is 9.84 Å². The minimum atomic E-state index is -1.10. The topological polar surface area (TPSA) is 72.3 Å². The van der Waals surface area contributed by atoms with Crippen LogP contribution in [0.15, 0.2) is 30.5 Å². The number of carboxylic acid groups (broad SMARTS) is 1. The number of rotatable bonds is 3. The van der Waals surface area contributed by atoms with Crippen LogP contribution in [0.25, 0.3) is 0 Å². The summed E-state index contributed by atoms with van der Waals surface area (Å²) < 4.78 is 5.39. The zero-order valence-electron chi connectivity index (χ0n) is 9.42. The van der Waals surface area contributed by atoms with Crippen molar-refractivity contribution in [3.05, 3.63) is 46.6 Å². The Kier molecular flexibility index (Phi) is 3.43. The second kappa shape index (κ2) is 5.01. The standard InChI is InChI=1S/C12H9ClN2O3/c1-7-4-11(15-14-6-7)18-10-5-8(13)2-3-9(10)12(16)17/h2-6H,1H3,(H,16,17). The first kappa shape index (κ1) is 12.3. The first-order chi connectivity index (χ1) is 8.56. The molecule has 2 aromatic rings. The molecule has 0 unspecified atom stereocenters. The molecule has 1 aromatic heterocycles. The lowest BCUT2D eigenvalue weighted by Gasteiger charge is -2.08. The Morgan fingerprint density at radius 1 is 1.39 bits per heavy atom. The molecule has 1 N–H and O–H groups in total. The lowest BCUT2D eigenvalue weighted by atomic mass is 10.2. The molecule has 0 aliphatic carbocycles. The van der Waals surface area contributed by atoms with Gasteiger partial charge in [-0.05, 0) is 24.6 Å². The molecule has 0 amide bonds. The molecule has 2 rings (SSSR count). The Balaban J connectivity index is 2.39. The first-order valence-corrected chi connectivity index (χ1v) is 5.44. The van der Waals surface area contributed by atoms with Gasteiger partial charge in [0.2, 0.25) is 5.88 Å². The summed E-state index contributed by atoms with van der Waals surface area (Å²) in [4.78, 5) is 11.0. The maximum absolute atomic E-state index is 11.0. The lowest BCUT2D eigenvalue weighted by molar-refractivity contribution is 0.0694. The summed E-state index contributed by atoms with van der Waals surface area (Å²) in [5, 5.41) is 16.9. The van der Waals surface area contributed by atoms with Crippen LogP contribution in [0.4, 0.5) is 0 Å². The fourth-order valence-electron chi connectivity index (χ4n) is 1.36. The molecule has 0 radical (unpaired) electrons. The van der Waals surface area contributed by atoms with E-state index in [4.69, 9.17) is 21.4 Å². The van der Waals surface area contributed by atoms with E-state index in [1.54, 1.807) is 12.3 Å². The van der Waals surface area contributed by atoms with Crippen LogP contribution in [0.5, 0.6) is 11.6 Å². The van der Waals surface area contributed by atoms with Crippen LogP contribution in [-0.4, -0.2) is 21.3 Å². The Bertz CT molecular complexity index is 602. The number of halogens is 1. The van der Waals surface area contributed by atoms with Gasteiger partial charge in [0.25, 0.3) is 0 Å². The summed E-state index contributed by atoms with van der Waals surface area (Å²) in [6.45, 7) is 1.83. The number of nitrogens with zero attached hydrogens (tertiary/aromatic N) is 2. The molecule has 0 saturated carbocycles. The van der Waals surface area contributed by atoms with Gasteiger partial charge in [-0.25, -0.2) is 4.79 Å². The van der Waals surface area contributed by atoms with Crippen LogP contribution in [-0.2, 0) is 0 Å². The normalized spacial score (nSPS) is 10.1. The van der Waals surface area contributed by atoms with Crippen LogP contribution in [0, 0.1) is 6.92 Å². The van der Waals surface area contributed by atoms with Crippen molar-refractivity contribution in [1.82, 2.24) is 10.2 Å². The third-order valence-corrected chi connectivity index (χ3v) is 2.39. The van der Waals surface area contributed by atoms with E-state index in [1.807, 2.05) is 6.92 Å². The summed E-state index contributed by atoms with van der Waals surface area (Å²) >= 11 is 5.81. The van der Waals surface area contributed by atoms with Gasteiger partial charge in [-0.2, -0.15) is 5.10 Å². The number of ether oxygens (including phenoxy) is 1. The van der Waals surface area contributed by atoms with Crippen molar-refractivity contribution in [2.45, 2.75) is 6.92 Å². The molecule has 0 atom stereocenters. The highest BCUT2D eigenvalue weighted by Gasteiger charge is 2.13. The molecule has 1 aromatic carbocycles. The lowest BCUT2D eigenvalue weighted by Crippen LogP contribution is -2.01. The monoisotopic (exact) mass is 264 g/mol. The van der Waals surface area contributed by atoms with Crippen molar-refractivity contribution in [3.63, 3.8) is 0 Å². The van der Waals surface area contributed by atoms with E-state index < -0.39 is 5.97 Å². The van der Waals surface area contributed by atoms with Crippen molar-refractivity contribution in [2.75, 3.05) is 0 Å². The van der Waals surface area contributed by atoms with Gasteiger partial charge in [0.1, 0.15) is 11.3 Å². The smallest absolute Gasteiger partial charge is 0.339 e. The van der Waals surface area contributed by atoms with Crippen LogP contribution >= 0.6 is 11.6 Å². The Labute approximate surface area is 108 Å². The van der Waals surface area contributed by atoms with Crippen LogP contribution in [0.2, 0.25) is 5.02 Å². The molecule has 0 aliphatic heterocycles. The molecule has 0 fully saturated rings. The number of aromatic nitrogens is 2. The van der Waals surface area contributed by atoms with Gasteiger partial charge in [0.05, 0.1) is 6.20 Å². The second-order valence-corrected chi connectivity index (χ2v) is 4.06. The van der Waals surface area contributed by atoms with E-state index in [0.29, 0.717) is 5.02 Å². The highest BCUT2D eigenvalue weighted by Crippen LogP contribution is 2.27. The highest BCUT2D eigenvalue weighted by atomic mass is 35.5. The number of hydrogen-bond donors (Lipinski definition) is 1. The average molecular weight is 265 g/mol. The predicted octanol–water partition coefficient (Wildman–Crippen LogP) is 2.93. The quantitative estimate of drug-likeness (QED) is 0.923. The van der Waals surface area contributed by atoms with Crippen molar-refractivity contribution in [3.8, 4) is 11.6 Å². The number of benzene rings is 1. The molecular formula is C12H9ClN2O3. The molecule has 5 nitrogen and oxygen atoms in total. The van der Waals surface area contributed by atoms with E-state index >= 15 is 0 Å². The van der Waals surface area contributed by atoms with E-state index in [-0.39, 0.29) is 17.2 Å². The van der Waals surface area contributed by atoms with Crippen LogP contribution < -0.4 is 4.74 Å². The third kappa shape index (κ3) is 2.75. The van der Waals surface area contributed by atoms with Crippen molar-refractivity contribution in [2.24, 2.45) is 0 Å². The third-order valence-electron chi connectivity index (χ3n) is 2.16. The SMILES string of the molecule is Cc1cnnc(Oc2cc(Cl)ccc2C(=O)O)c1. The molecule has 92 valence electrons. The summed E-state index contributed by atoms with van der Waals surface area (Å²) in [5.74, 6) is -0.739. The molecular weight excluding hydrogens is 256 g/mol. The fraction of sp³-hybridized carbons (Fsp3) is 0.0833. The Hall–Kier alpha value is -2.14. The van der Waals surface area contributed by atoms with Crippen molar-refractivity contribution < 1.29 is 14.6 Å². The maximum atomic E-state index is 11.0. The first-order valence-electron chi connectivity index (χ1n) is 5.06. The van der Waals surface area contributed by atoms with Gasteiger partial charge in [-0.3, -0.25) is 0 Å². The van der Waals surface area contributed by atoms with Gasteiger partial charge in [-0.1, -0.05) is 11.6 Å². The minimum absolute atomic E-state index is 0.0164. The number of carboxylic acids is 1. The summed E-state index contributed by atoms with van der Waals surface area (Å²) in [5.41, 5.74) is 0.876. The van der Waals surface area contributed by atoms with Gasteiger partial charge in [0, 0.05) is 17.2 Å². The van der Waals surface area contributed by atoms with Gasteiger partial charge in [-0.15, -0.1) is 5.10 Å². The van der Waals surface area contributed by atoms with E-state index in [2.05, 4.69) is 10.2 Å². The molecule has 6 heteroatoms. The van der Waals surface area contributed by atoms with Crippen molar-refractivity contribution in [1.29, 1.82) is 0 Å². The molecule has 0 aliphatic rings. The van der Waals surface area contributed by atoms with Gasteiger partial charge >= 0.3 is 5.97 Å². The molecule has 18 heavy (non-hydrogen) atoms.